The summed E-state index contributed by atoms with van der Waals surface area (Å²) in [5, 5.41) is 6.71. The van der Waals surface area contributed by atoms with Crippen molar-refractivity contribution in [2.45, 2.75) is 0 Å². The Balaban J connectivity index is 1.22. The van der Waals surface area contributed by atoms with Crippen molar-refractivity contribution in [3.05, 3.63) is 151 Å². The van der Waals surface area contributed by atoms with Crippen LogP contribution in [0.2, 0.25) is 5.02 Å². The van der Waals surface area contributed by atoms with Crippen LogP contribution in [0.15, 0.2) is 154 Å². The molecular formula is C43H24ClN3O2. The summed E-state index contributed by atoms with van der Waals surface area (Å²) in [6.45, 7) is 0. The molecule has 5 nitrogen and oxygen atoms in total. The van der Waals surface area contributed by atoms with Gasteiger partial charge in [0, 0.05) is 49.3 Å². The van der Waals surface area contributed by atoms with Crippen LogP contribution in [0.1, 0.15) is 0 Å². The normalized spacial score (nSPS) is 11.8. The highest BCUT2D eigenvalue weighted by Gasteiger charge is 2.20. The minimum Gasteiger partial charge on any atom is -0.456 e. The molecule has 0 bridgehead atoms. The number of halogens is 1. The lowest BCUT2D eigenvalue weighted by Crippen LogP contribution is -2.00. The van der Waals surface area contributed by atoms with Gasteiger partial charge in [0.15, 0.2) is 17.5 Å². The number of nitrogens with zero attached hydrogens (tertiary/aromatic N) is 3. The van der Waals surface area contributed by atoms with Crippen LogP contribution in [0, 0.1) is 0 Å². The van der Waals surface area contributed by atoms with Gasteiger partial charge in [-0.05, 0) is 64.4 Å². The van der Waals surface area contributed by atoms with E-state index < -0.39 is 0 Å². The van der Waals surface area contributed by atoms with E-state index in [1.165, 1.54) is 11.1 Å². The van der Waals surface area contributed by atoms with Crippen molar-refractivity contribution < 1.29 is 8.83 Å². The summed E-state index contributed by atoms with van der Waals surface area (Å²) >= 11 is 6.34. The Kier molecular flexibility index (Phi) is 6.16. The molecular weight excluding hydrogens is 626 g/mol. The Morgan fingerprint density at radius 2 is 0.959 bits per heavy atom. The smallest absolute Gasteiger partial charge is 0.164 e. The maximum Gasteiger partial charge on any atom is 0.164 e. The van der Waals surface area contributed by atoms with Crippen LogP contribution >= 0.6 is 11.6 Å². The van der Waals surface area contributed by atoms with E-state index in [0.717, 1.165) is 65.8 Å². The summed E-state index contributed by atoms with van der Waals surface area (Å²) in [6, 6.07) is 49.1. The fraction of sp³-hybridized carbons (Fsp3) is 0. The van der Waals surface area contributed by atoms with Crippen LogP contribution in [0.5, 0.6) is 0 Å². The van der Waals surface area contributed by atoms with Crippen molar-refractivity contribution in [3.63, 3.8) is 0 Å². The van der Waals surface area contributed by atoms with Gasteiger partial charge in [-0.15, -0.1) is 0 Å². The third-order valence-electron chi connectivity index (χ3n) is 9.18. The first kappa shape index (κ1) is 27.8. The summed E-state index contributed by atoms with van der Waals surface area (Å²) in [4.78, 5) is 15.5. The van der Waals surface area contributed by atoms with Gasteiger partial charge in [0.05, 0.1) is 0 Å². The molecule has 0 fully saturated rings. The second-order valence-corrected chi connectivity index (χ2v) is 12.6. The Morgan fingerprint density at radius 3 is 1.69 bits per heavy atom. The molecule has 0 aliphatic heterocycles. The van der Waals surface area contributed by atoms with E-state index in [0.29, 0.717) is 28.1 Å². The van der Waals surface area contributed by atoms with Gasteiger partial charge in [0.2, 0.25) is 0 Å². The average molecular weight is 650 g/mol. The van der Waals surface area contributed by atoms with Gasteiger partial charge in [-0.1, -0.05) is 109 Å². The number of furan rings is 2. The lowest BCUT2D eigenvalue weighted by Gasteiger charge is -2.11. The molecule has 6 heteroatoms. The monoisotopic (exact) mass is 649 g/mol. The summed E-state index contributed by atoms with van der Waals surface area (Å²) in [6.07, 6.45) is 0. The molecule has 10 rings (SSSR count). The van der Waals surface area contributed by atoms with Crippen molar-refractivity contribution in [1.29, 1.82) is 0 Å². The SMILES string of the molecule is Clc1ccc2c(c1)oc1cccc(-c3nc(-c4ccc5cc(-c6ccccc6)ccc5c4)nc(-c4cccc5oc6ccccc6c45)n3)c12. The van der Waals surface area contributed by atoms with Crippen molar-refractivity contribution >= 4 is 66.3 Å². The molecule has 0 saturated heterocycles. The number of hydrogen-bond acceptors (Lipinski definition) is 5. The maximum atomic E-state index is 6.34. The average Bonchev–Trinajstić information content (AvgIpc) is 3.72. The first-order chi connectivity index (χ1) is 24.2. The highest BCUT2D eigenvalue weighted by Crippen LogP contribution is 2.40. The standard InChI is InChI=1S/C43H24ClN3O2/c44-30-20-21-32-38(24-30)49-37-15-7-12-34(40(32)37)43-46-41(29-19-18-27-22-26(16-17-28(27)23-29)25-8-2-1-3-9-25)45-42(47-43)33-11-6-14-36-39(33)31-10-4-5-13-35(31)48-36/h1-24H. The van der Waals surface area contributed by atoms with Crippen molar-refractivity contribution in [3.8, 4) is 45.3 Å². The van der Waals surface area contributed by atoms with E-state index in [4.69, 9.17) is 35.4 Å². The first-order valence-corrected chi connectivity index (χ1v) is 16.4. The lowest BCUT2D eigenvalue weighted by atomic mass is 9.99. The van der Waals surface area contributed by atoms with Gasteiger partial charge in [-0.25, -0.2) is 15.0 Å². The third-order valence-corrected chi connectivity index (χ3v) is 9.42. The number of fused-ring (bicyclic) bond motifs is 7. The fourth-order valence-corrected chi connectivity index (χ4v) is 7.05. The van der Waals surface area contributed by atoms with E-state index in [1.807, 2.05) is 72.8 Å². The molecule has 0 N–H and O–H groups in total. The number of rotatable bonds is 4. The van der Waals surface area contributed by atoms with Crippen LogP contribution in [-0.4, -0.2) is 15.0 Å². The van der Waals surface area contributed by atoms with Gasteiger partial charge < -0.3 is 8.83 Å². The molecule has 0 radical (unpaired) electrons. The minimum atomic E-state index is 0.549. The maximum absolute atomic E-state index is 6.34. The zero-order chi connectivity index (χ0) is 32.5. The zero-order valence-corrected chi connectivity index (χ0v) is 26.6. The number of para-hydroxylation sites is 1. The van der Waals surface area contributed by atoms with E-state index in [1.54, 1.807) is 0 Å². The van der Waals surface area contributed by atoms with E-state index in [9.17, 15) is 0 Å². The molecule has 230 valence electrons. The van der Waals surface area contributed by atoms with Gasteiger partial charge >= 0.3 is 0 Å². The Morgan fingerprint density at radius 1 is 0.388 bits per heavy atom. The molecule has 0 aliphatic rings. The van der Waals surface area contributed by atoms with Gasteiger partial charge in [0.25, 0.3) is 0 Å². The van der Waals surface area contributed by atoms with Crippen LogP contribution in [0.4, 0.5) is 0 Å². The number of benzene rings is 7. The molecule has 3 heterocycles. The van der Waals surface area contributed by atoms with Gasteiger partial charge in [0.1, 0.15) is 22.3 Å². The van der Waals surface area contributed by atoms with Crippen molar-refractivity contribution in [2.24, 2.45) is 0 Å². The predicted molar refractivity (Wildman–Crippen MR) is 199 cm³/mol. The molecule has 0 aliphatic carbocycles. The summed E-state index contributed by atoms with van der Waals surface area (Å²) in [7, 11) is 0. The molecule has 0 saturated carbocycles. The Hall–Kier alpha value is -6.30. The highest BCUT2D eigenvalue weighted by atomic mass is 35.5. The Labute approximate surface area is 285 Å². The zero-order valence-electron chi connectivity index (χ0n) is 25.9. The second-order valence-electron chi connectivity index (χ2n) is 12.1. The molecule has 49 heavy (non-hydrogen) atoms. The molecule has 0 atom stereocenters. The summed E-state index contributed by atoms with van der Waals surface area (Å²) < 4.78 is 12.5. The second kappa shape index (κ2) is 10.9. The van der Waals surface area contributed by atoms with E-state index in [2.05, 4.69) is 72.8 Å². The minimum absolute atomic E-state index is 0.549. The number of aromatic nitrogens is 3. The van der Waals surface area contributed by atoms with Gasteiger partial charge in [-0.2, -0.15) is 0 Å². The fourth-order valence-electron chi connectivity index (χ4n) is 6.89. The first-order valence-electron chi connectivity index (χ1n) is 16.0. The summed E-state index contributed by atoms with van der Waals surface area (Å²) in [5.74, 6) is 1.68. The lowest BCUT2D eigenvalue weighted by molar-refractivity contribution is 0.668. The number of hydrogen-bond donors (Lipinski definition) is 0. The highest BCUT2D eigenvalue weighted by molar-refractivity contribution is 6.31. The molecule has 0 spiro atoms. The molecule has 0 amide bonds. The topological polar surface area (TPSA) is 65.0 Å². The summed E-state index contributed by atoms with van der Waals surface area (Å²) in [5.41, 5.74) is 8.02. The van der Waals surface area contributed by atoms with Crippen LogP contribution in [0.3, 0.4) is 0 Å². The molecule has 3 aromatic heterocycles. The van der Waals surface area contributed by atoms with E-state index >= 15 is 0 Å². The molecule has 0 unspecified atom stereocenters. The quantitative estimate of drug-likeness (QED) is 0.190. The van der Waals surface area contributed by atoms with E-state index in [-0.39, 0.29) is 0 Å². The van der Waals surface area contributed by atoms with Crippen LogP contribution in [0.25, 0.3) is 99.9 Å². The predicted octanol–water partition coefficient (Wildman–Crippen LogP) is 12.1. The Bertz CT molecular complexity index is 2910. The van der Waals surface area contributed by atoms with Crippen molar-refractivity contribution in [2.75, 3.05) is 0 Å². The molecule has 7 aromatic carbocycles. The van der Waals surface area contributed by atoms with Crippen LogP contribution < -0.4 is 0 Å². The van der Waals surface area contributed by atoms with Crippen LogP contribution in [-0.2, 0) is 0 Å². The van der Waals surface area contributed by atoms with Gasteiger partial charge in [-0.3, -0.25) is 0 Å². The third kappa shape index (κ3) is 4.59. The van der Waals surface area contributed by atoms with Crippen molar-refractivity contribution in [1.82, 2.24) is 15.0 Å². The largest absolute Gasteiger partial charge is 0.456 e. The molecule has 10 aromatic rings.